The number of aliphatic imine (C=N–C) groups is 2. The Morgan fingerprint density at radius 3 is 2.86 bits per heavy atom. The van der Waals surface area contributed by atoms with E-state index in [0.29, 0.717) is 6.54 Å². The first-order valence-corrected chi connectivity index (χ1v) is 8.35. The molecule has 22 heavy (non-hydrogen) atoms. The Hall–Kier alpha value is -1.55. The fraction of sp³-hybridized carbons (Fsp3) is 0.471. The van der Waals surface area contributed by atoms with Crippen molar-refractivity contribution in [3.63, 3.8) is 0 Å². The Labute approximate surface area is 138 Å². The van der Waals surface area contributed by atoms with E-state index in [4.69, 9.17) is 5.73 Å². The second-order valence-electron chi connectivity index (χ2n) is 5.08. The summed E-state index contributed by atoms with van der Waals surface area (Å²) in [5.41, 5.74) is 11.9. The first kappa shape index (κ1) is 18.5. The van der Waals surface area contributed by atoms with Crippen molar-refractivity contribution in [2.75, 3.05) is 13.6 Å². The minimum absolute atomic E-state index is 0.0907. The molecule has 0 aromatic carbocycles. The highest BCUT2D eigenvalue weighted by Crippen LogP contribution is 2.27. The summed E-state index contributed by atoms with van der Waals surface area (Å²) in [6.07, 6.45) is 4.73. The van der Waals surface area contributed by atoms with E-state index in [1.807, 2.05) is 19.9 Å². The summed E-state index contributed by atoms with van der Waals surface area (Å²) in [6.45, 7) is 12.6. The number of amidine groups is 1. The molecule has 1 unspecified atom stereocenters. The van der Waals surface area contributed by atoms with E-state index in [1.165, 1.54) is 0 Å². The fourth-order valence-electron chi connectivity index (χ4n) is 1.81. The van der Waals surface area contributed by atoms with Crippen molar-refractivity contribution in [3.05, 3.63) is 41.1 Å². The molecule has 0 aromatic heterocycles. The number of nitrogens with two attached hydrogens (primary N) is 1. The first-order valence-electron chi connectivity index (χ1n) is 7.47. The molecule has 1 rings (SSSR count). The second-order valence-corrected chi connectivity index (χ2v) is 6.33. The zero-order chi connectivity index (χ0) is 16.5. The molecule has 0 amide bonds. The standard InChI is InChI=1S/C17H26N4S/c1-6-17(19-5)21-14(12(2)3)11-20-13(4)15-9-7-8-10-16(18)22-15/h7,16,20H,2,4,6,8,10-11,18H2,1,3,5H3. The van der Waals surface area contributed by atoms with Crippen molar-refractivity contribution in [3.8, 4) is 0 Å². The maximum Gasteiger partial charge on any atom is 0.123 e. The van der Waals surface area contributed by atoms with Gasteiger partial charge < -0.3 is 11.1 Å². The Morgan fingerprint density at radius 1 is 1.55 bits per heavy atom. The molecule has 4 nitrogen and oxygen atoms in total. The summed E-state index contributed by atoms with van der Waals surface area (Å²) in [4.78, 5) is 9.68. The highest BCUT2D eigenvalue weighted by Gasteiger charge is 2.12. The van der Waals surface area contributed by atoms with E-state index in [1.54, 1.807) is 18.8 Å². The quantitative estimate of drug-likeness (QED) is 0.448. The average Bonchev–Trinajstić information content (AvgIpc) is 2.71. The highest BCUT2D eigenvalue weighted by atomic mass is 32.2. The summed E-state index contributed by atoms with van der Waals surface area (Å²) >= 11 is 1.60. The second kappa shape index (κ2) is 9.46. The maximum atomic E-state index is 6.03. The number of hydrogen-bond acceptors (Lipinski definition) is 4. The number of nitrogens with zero attached hydrogens (tertiary/aromatic N) is 2. The molecule has 1 heterocycles. The van der Waals surface area contributed by atoms with Gasteiger partial charge in [-0.25, -0.2) is 4.99 Å². The van der Waals surface area contributed by atoms with E-state index in [0.717, 1.165) is 47.0 Å². The van der Waals surface area contributed by atoms with E-state index in [-0.39, 0.29) is 5.37 Å². The molecule has 1 aliphatic rings. The van der Waals surface area contributed by atoms with Crippen LogP contribution in [0.25, 0.3) is 0 Å². The van der Waals surface area contributed by atoms with Gasteiger partial charge in [-0.1, -0.05) is 31.8 Å². The molecule has 1 atom stereocenters. The van der Waals surface area contributed by atoms with Gasteiger partial charge in [0.2, 0.25) is 0 Å². The summed E-state index contributed by atoms with van der Waals surface area (Å²) in [5.74, 6) is 0.815. The number of nitrogens with one attached hydrogen (secondary N) is 1. The Bertz CT molecular complexity index is 551. The van der Waals surface area contributed by atoms with Crippen LogP contribution in [-0.2, 0) is 0 Å². The third kappa shape index (κ3) is 6.06. The van der Waals surface area contributed by atoms with E-state index < -0.39 is 0 Å². The van der Waals surface area contributed by atoms with Gasteiger partial charge in [0.15, 0.2) is 0 Å². The summed E-state index contributed by atoms with van der Waals surface area (Å²) in [7, 11) is 1.75. The molecule has 0 bridgehead atoms. The van der Waals surface area contributed by atoms with Gasteiger partial charge >= 0.3 is 0 Å². The van der Waals surface area contributed by atoms with Crippen LogP contribution >= 0.6 is 11.8 Å². The van der Waals surface area contributed by atoms with Crippen LogP contribution < -0.4 is 11.1 Å². The van der Waals surface area contributed by atoms with Crippen LogP contribution in [0.4, 0.5) is 0 Å². The lowest BCUT2D eigenvalue weighted by atomic mass is 10.2. The fourth-order valence-corrected chi connectivity index (χ4v) is 2.74. The molecular formula is C17H26N4S. The lowest BCUT2D eigenvalue weighted by molar-refractivity contribution is 0.809. The van der Waals surface area contributed by atoms with Crippen molar-refractivity contribution in [2.24, 2.45) is 15.7 Å². The third-order valence-corrected chi connectivity index (χ3v) is 4.31. The van der Waals surface area contributed by atoms with E-state index in [9.17, 15) is 0 Å². The Morgan fingerprint density at radius 2 is 2.27 bits per heavy atom. The molecule has 0 saturated carbocycles. The average molecular weight is 318 g/mol. The summed E-state index contributed by atoms with van der Waals surface area (Å²) in [6, 6.07) is 0. The number of thioether (sulfide) groups is 1. The van der Waals surface area contributed by atoms with Gasteiger partial charge in [0.05, 0.1) is 22.5 Å². The van der Waals surface area contributed by atoms with Gasteiger partial charge in [-0.2, -0.15) is 0 Å². The van der Waals surface area contributed by atoms with Crippen molar-refractivity contribution < 1.29 is 0 Å². The van der Waals surface area contributed by atoms with Crippen molar-refractivity contribution in [2.45, 2.75) is 38.5 Å². The monoisotopic (exact) mass is 318 g/mol. The van der Waals surface area contributed by atoms with Crippen molar-refractivity contribution in [1.82, 2.24) is 5.32 Å². The van der Waals surface area contributed by atoms with Crippen LogP contribution in [0.1, 0.15) is 33.1 Å². The van der Waals surface area contributed by atoms with Gasteiger partial charge in [-0.3, -0.25) is 4.99 Å². The van der Waals surface area contributed by atoms with Crippen LogP contribution in [0.3, 0.4) is 0 Å². The first-order chi connectivity index (χ1) is 10.5. The number of rotatable bonds is 6. The molecule has 0 saturated heterocycles. The minimum Gasteiger partial charge on any atom is -0.378 e. The Balaban J connectivity index is 2.75. The molecule has 0 aromatic rings. The van der Waals surface area contributed by atoms with Gasteiger partial charge in [-0.05, 0) is 31.4 Å². The van der Waals surface area contributed by atoms with Gasteiger partial charge in [0.1, 0.15) is 5.84 Å². The lowest BCUT2D eigenvalue weighted by Gasteiger charge is -2.15. The van der Waals surface area contributed by atoms with Crippen LogP contribution in [0.15, 0.2) is 51.1 Å². The smallest absolute Gasteiger partial charge is 0.123 e. The molecule has 0 aliphatic carbocycles. The van der Waals surface area contributed by atoms with Gasteiger partial charge in [-0.15, -0.1) is 5.73 Å². The molecular weight excluding hydrogens is 292 g/mol. The molecule has 120 valence electrons. The van der Waals surface area contributed by atoms with Crippen LogP contribution in [-0.4, -0.2) is 30.5 Å². The molecule has 5 heteroatoms. The van der Waals surface area contributed by atoms with Crippen molar-refractivity contribution >= 4 is 23.3 Å². The predicted molar refractivity (Wildman–Crippen MR) is 99.4 cm³/mol. The van der Waals surface area contributed by atoms with Gasteiger partial charge in [0.25, 0.3) is 0 Å². The van der Waals surface area contributed by atoms with Gasteiger partial charge in [0, 0.05) is 19.2 Å². The van der Waals surface area contributed by atoms with Crippen LogP contribution in [0.2, 0.25) is 0 Å². The zero-order valence-corrected chi connectivity index (χ0v) is 14.6. The SMILES string of the molecule is C=C(C)C(CNC(=C)C1=C=CCCC(N)S1)=NC(CC)=NC. The molecule has 0 spiro atoms. The normalized spacial score (nSPS) is 19.5. The summed E-state index contributed by atoms with van der Waals surface area (Å²) in [5, 5.41) is 3.39. The highest BCUT2D eigenvalue weighted by molar-refractivity contribution is 8.03. The van der Waals surface area contributed by atoms with Crippen LogP contribution in [0.5, 0.6) is 0 Å². The molecule has 0 radical (unpaired) electrons. The van der Waals surface area contributed by atoms with Crippen molar-refractivity contribution in [1.29, 1.82) is 0 Å². The number of hydrogen-bond donors (Lipinski definition) is 2. The van der Waals surface area contributed by atoms with E-state index >= 15 is 0 Å². The van der Waals surface area contributed by atoms with E-state index in [2.05, 4.69) is 34.2 Å². The minimum atomic E-state index is 0.0907. The largest absolute Gasteiger partial charge is 0.378 e. The molecule has 3 N–H and O–H groups in total. The Kier molecular flexibility index (Phi) is 7.96. The summed E-state index contributed by atoms with van der Waals surface area (Å²) < 4.78 is 0. The third-order valence-electron chi connectivity index (χ3n) is 3.17. The van der Waals surface area contributed by atoms with Crippen LogP contribution in [0, 0.1) is 0 Å². The predicted octanol–water partition coefficient (Wildman–Crippen LogP) is 3.40. The topological polar surface area (TPSA) is 62.8 Å². The lowest BCUT2D eigenvalue weighted by Crippen LogP contribution is -2.25. The molecule has 1 aliphatic heterocycles. The molecule has 0 fully saturated rings. The zero-order valence-electron chi connectivity index (χ0n) is 13.8. The maximum absolute atomic E-state index is 6.03.